The Balaban J connectivity index is 1.65. The van der Waals surface area contributed by atoms with Gasteiger partial charge in [-0.2, -0.15) is 0 Å². The summed E-state index contributed by atoms with van der Waals surface area (Å²) >= 11 is 1.46. The first-order valence-corrected chi connectivity index (χ1v) is 7.94. The zero-order chi connectivity index (χ0) is 15.5. The first-order chi connectivity index (χ1) is 10.6. The molecular formula is C15H16N2O4S. The number of morpholine rings is 1. The van der Waals surface area contributed by atoms with Crippen molar-refractivity contribution in [3.63, 3.8) is 0 Å². The topological polar surface area (TPSA) is 68.7 Å². The van der Waals surface area contributed by atoms with E-state index in [-0.39, 0.29) is 5.91 Å². The van der Waals surface area contributed by atoms with Gasteiger partial charge in [-0.3, -0.25) is 4.79 Å². The first-order valence-electron chi connectivity index (χ1n) is 7.06. The summed E-state index contributed by atoms with van der Waals surface area (Å²) in [4.78, 5) is 30.2. The summed E-state index contributed by atoms with van der Waals surface area (Å²) in [6.45, 7) is 3.71. The van der Waals surface area contributed by atoms with Crippen LogP contribution < -0.4 is 0 Å². The highest BCUT2D eigenvalue weighted by molar-refractivity contribution is 7.16. The van der Waals surface area contributed by atoms with Crippen molar-refractivity contribution in [3.8, 4) is 0 Å². The number of aromatic nitrogens is 1. The van der Waals surface area contributed by atoms with Crippen LogP contribution in [0.15, 0.2) is 23.7 Å². The van der Waals surface area contributed by atoms with Crippen LogP contribution in [0.25, 0.3) is 10.2 Å². The van der Waals surface area contributed by atoms with E-state index in [2.05, 4.69) is 4.98 Å². The van der Waals surface area contributed by atoms with Crippen LogP contribution >= 0.6 is 11.3 Å². The number of carbonyl (C=O) groups is 2. The molecule has 6 nitrogen and oxygen atoms in total. The van der Waals surface area contributed by atoms with Crippen LogP contribution in [0, 0.1) is 0 Å². The van der Waals surface area contributed by atoms with E-state index in [1.165, 1.54) is 11.3 Å². The maximum absolute atomic E-state index is 12.2. The van der Waals surface area contributed by atoms with Crippen molar-refractivity contribution >= 4 is 33.4 Å². The van der Waals surface area contributed by atoms with Crippen molar-refractivity contribution in [1.82, 2.24) is 9.88 Å². The third-order valence-electron chi connectivity index (χ3n) is 3.52. The summed E-state index contributed by atoms with van der Waals surface area (Å²) in [5, 5.41) is 0. The van der Waals surface area contributed by atoms with Gasteiger partial charge < -0.3 is 14.4 Å². The van der Waals surface area contributed by atoms with Gasteiger partial charge >= 0.3 is 5.97 Å². The second kappa shape index (κ2) is 6.41. The van der Waals surface area contributed by atoms with E-state index in [0.29, 0.717) is 31.9 Å². The number of fused-ring (bicyclic) bond motifs is 1. The van der Waals surface area contributed by atoms with Gasteiger partial charge in [0.15, 0.2) is 6.10 Å². The zero-order valence-electron chi connectivity index (χ0n) is 12.2. The number of esters is 1. The standard InChI is InChI=1S/C15H16N2O4S/c1-10(14(18)17-4-6-20-7-5-17)21-15(19)11-2-3-12-13(8-11)22-9-16-12/h2-3,8-10H,4-7H2,1H3/t10-/m0/s1. The molecule has 0 spiro atoms. The van der Waals surface area contributed by atoms with E-state index >= 15 is 0 Å². The number of hydrogen-bond acceptors (Lipinski definition) is 6. The number of carbonyl (C=O) groups excluding carboxylic acids is 2. The van der Waals surface area contributed by atoms with Crippen molar-refractivity contribution in [3.05, 3.63) is 29.3 Å². The Bertz CT molecular complexity index is 694. The molecule has 1 amide bonds. The third kappa shape index (κ3) is 3.10. The van der Waals surface area contributed by atoms with Crippen LogP contribution in [0.3, 0.4) is 0 Å². The molecule has 0 unspecified atom stereocenters. The Kier molecular flexibility index (Phi) is 4.35. The van der Waals surface area contributed by atoms with E-state index in [9.17, 15) is 9.59 Å². The fraction of sp³-hybridized carbons (Fsp3) is 0.400. The minimum Gasteiger partial charge on any atom is -0.449 e. The molecule has 0 radical (unpaired) electrons. The van der Waals surface area contributed by atoms with Crippen molar-refractivity contribution in [2.24, 2.45) is 0 Å². The number of rotatable bonds is 3. The SMILES string of the molecule is C[C@H](OC(=O)c1ccc2ncsc2c1)C(=O)N1CCOCC1. The lowest BCUT2D eigenvalue weighted by molar-refractivity contribution is -0.143. The van der Waals surface area contributed by atoms with Gasteiger partial charge in [-0.25, -0.2) is 9.78 Å². The number of nitrogens with zero attached hydrogens (tertiary/aromatic N) is 2. The molecule has 116 valence electrons. The molecule has 1 aromatic carbocycles. The lowest BCUT2D eigenvalue weighted by Crippen LogP contribution is -2.46. The molecule has 0 N–H and O–H groups in total. The van der Waals surface area contributed by atoms with E-state index in [1.54, 1.807) is 35.5 Å². The Morgan fingerprint density at radius 1 is 1.36 bits per heavy atom. The number of benzene rings is 1. The van der Waals surface area contributed by atoms with Gasteiger partial charge in [0.1, 0.15) is 0 Å². The normalized spacial score (nSPS) is 16.5. The second-order valence-corrected chi connectivity index (χ2v) is 5.91. The summed E-state index contributed by atoms with van der Waals surface area (Å²) in [7, 11) is 0. The van der Waals surface area contributed by atoms with E-state index in [4.69, 9.17) is 9.47 Å². The minimum absolute atomic E-state index is 0.185. The Morgan fingerprint density at radius 3 is 2.91 bits per heavy atom. The van der Waals surface area contributed by atoms with Crippen LogP contribution in [0.2, 0.25) is 0 Å². The average molecular weight is 320 g/mol. The number of thiazole rings is 1. The van der Waals surface area contributed by atoms with Crippen LogP contribution in [-0.4, -0.2) is 54.2 Å². The Labute approximate surface area is 131 Å². The highest BCUT2D eigenvalue weighted by atomic mass is 32.1. The molecule has 1 saturated heterocycles. The first kappa shape index (κ1) is 14.9. The highest BCUT2D eigenvalue weighted by Crippen LogP contribution is 2.20. The van der Waals surface area contributed by atoms with Crippen molar-refractivity contribution < 1.29 is 19.1 Å². The fourth-order valence-electron chi connectivity index (χ4n) is 2.30. The smallest absolute Gasteiger partial charge is 0.338 e. The maximum Gasteiger partial charge on any atom is 0.338 e. The predicted molar refractivity (Wildman–Crippen MR) is 81.9 cm³/mol. The maximum atomic E-state index is 12.2. The van der Waals surface area contributed by atoms with Crippen molar-refractivity contribution in [2.75, 3.05) is 26.3 Å². The van der Waals surface area contributed by atoms with Gasteiger partial charge in [0.25, 0.3) is 5.91 Å². The summed E-state index contributed by atoms with van der Waals surface area (Å²) in [5.41, 5.74) is 3.00. The number of ether oxygens (including phenoxy) is 2. The van der Waals surface area contributed by atoms with Crippen molar-refractivity contribution in [1.29, 1.82) is 0 Å². The summed E-state index contributed by atoms with van der Waals surface area (Å²) in [6.07, 6.45) is -0.803. The summed E-state index contributed by atoms with van der Waals surface area (Å²) in [6, 6.07) is 5.18. The molecule has 2 heterocycles. The molecular weight excluding hydrogens is 304 g/mol. The van der Waals surface area contributed by atoms with Gasteiger partial charge in [-0.1, -0.05) is 0 Å². The molecule has 0 aliphatic carbocycles. The van der Waals surface area contributed by atoms with Crippen molar-refractivity contribution in [2.45, 2.75) is 13.0 Å². The van der Waals surface area contributed by atoms with E-state index in [1.807, 2.05) is 0 Å². The van der Waals surface area contributed by atoms with Gasteiger partial charge in [0, 0.05) is 13.1 Å². The molecule has 1 aliphatic heterocycles. The molecule has 22 heavy (non-hydrogen) atoms. The highest BCUT2D eigenvalue weighted by Gasteiger charge is 2.25. The van der Waals surface area contributed by atoms with Gasteiger partial charge in [0.2, 0.25) is 0 Å². The Morgan fingerprint density at radius 2 is 2.14 bits per heavy atom. The monoisotopic (exact) mass is 320 g/mol. The lowest BCUT2D eigenvalue weighted by Gasteiger charge is -2.28. The molecule has 7 heteroatoms. The molecule has 1 atom stereocenters. The summed E-state index contributed by atoms with van der Waals surface area (Å²) in [5.74, 6) is -0.681. The van der Waals surface area contributed by atoms with Crippen LogP contribution in [0.5, 0.6) is 0 Å². The van der Waals surface area contributed by atoms with Gasteiger partial charge in [-0.15, -0.1) is 11.3 Å². The van der Waals surface area contributed by atoms with Crippen LogP contribution in [0.4, 0.5) is 0 Å². The van der Waals surface area contributed by atoms with Gasteiger partial charge in [0.05, 0.1) is 34.5 Å². The molecule has 1 aliphatic rings. The summed E-state index contributed by atoms with van der Waals surface area (Å²) < 4.78 is 11.4. The lowest BCUT2D eigenvalue weighted by atomic mass is 10.2. The molecule has 0 bridgehead atoms. The molecule has 3 rings (SSSR count). The van der Waals surface area contributed by atoms with E-state index in [0.717, 1.165) is 10.2 Å². The van der Waals surface area contributed by atoms with Gasteiger partial charge in [-0.05, 0) is 25.1 Å². The minimum atomic E-state index is -0.803. The average Bonchev–Trinajstić information content (AvgIpc) is 3.02. The number of amides is 1. The predicted octanol–water partition coefficient (Wildman–Crippen LogP) is 1.70. The van der Waals surface area contributed by atoms with Crippen LogP contribution in [0.1, 0.15) is 17.3 Å². The fourth-order valence-corrected chi connectivity index (χ4v) is 3.02. The zero-order valence-corrected chi connectivity index (χ0v) is 13.0. The molecule has 2 aromatic rings. The molecule has 1 aromatic heterocycles. The second-order valence-electron chi connectivity index (χ2n) is 5.02. The third-order valence-corrected chi connectivity index (χ3v) is 4.31. The van der Waals surface area contributed by atoms with E-state index < -0.39 is 12.1 Å². The largest absolute Gasteiger partial charge is 0.449 e. The quantitative estimate of drug-likeness (QED) is 0.805. The van der Waals surface area contributed by atoms with Crippen LogP contribution in [-0.2, 0) is 14.3 Å². The molecule has 0 saturated carbocycles. The molecule has 1 fully saturated rings. The Hall–Kier alpha value is -1.99. The number of hydrogen-bond donors (Lipinski definition) is 0.